The van der Waals surface area contributed by atoms with E-state index in [-0.39, 0.29) is 19.3 Å². The molecular formula is C22H32N4O8. The number of carbonyl (C=O) groups is 5. The molecule has 1 aromatic carbocycles. The highest BCUT2D eigenvalue weighted by atomic mass is 16.4. The minimum atomic E-state index is -1.47. The molecule has 4 unspecified atom stereocenters. The van der Waals surface area contributed by atoms with E-state index in [9.17, 15) is 34.2 Å². The van der Waals surface area contributed by atoms with Gasteiger partial charge in [0.1, 0.15) is 18.1 Å². The Labute approximate surface area is 196 Å². The molecule has 1 aromatic rings. The highest BCUT2D eigenvalue weighted by Crippen LogP contribution is 2.06. The SMILES string of the molecule is CC(C)C(NC(=O)C(N)CCC(=O)O)C(=O)NC(CO)C(=O)NC(Cc1ccccc1)C(=O)O. The largest absolute Gasteiger partial charge is 0.481 e. The Balaban J connectivity index is 2.81. The van der Waals surface area contributed by atoms with Crippen molar-refractivity contribution in [2.75, 3.05) is 6.61 Å². The molecule has 0 saturated carbocycles. The maximum absolute atomic E-state index is 12.7. The van der Waals surface area contributed by atoms with Gasteiger partial charge < -0.3 is 37.0 Å². The van der Waals surface area contributed by atoms with Crippen molar-refractivity contribution in [3.8, 4) is 0 Å². The van der Waals surface area contributed by atoms with Crippen molar-refractivity contribution in [2.45, 2.75) is 57.3 Å². The number of benzene rings is 1. The smallest absolute Gasteiger partial charge is 0.326 e. The normalized spacial score (nSPS) is 14.4. The van der Waals surface area contributed by atoms with Gasteiger partial charge in [0, 0.05) is 12.8 Å². The summed E-state index contributed by atoms with van der Waals surface area (Å²) < 4.78 is 0. The second kappa shape index (κ2) is 13.9. The zero-order valence-corrected chi connectivity index (χ0v) is 19.1. The molecular weight excluding hydrogens is 448 g/mol. The van der Waals surface area contributed by atoms with E-state index in [1.807, 2.05) is 0 Å². The summed E-state index contributed by atoms with van der Waals surface area (Å²) in [5.41, 5.74) is 6.34. The van der Waals surface area contributed by atoms with E-state index in [0.29, 0.717) is 5.56 Å². The third-order valence-electron chi connectivity index (χ3n) is 4.97. The Morgan fingerprint density at radius 2 is 1.47 bits per heavy atom. The van der Waals surface area contributed by atoms with Crippen LogP contribution in [0.5, 0.6) is 0 Å². The fraction of sp³-hybridized carbons (Fsp3) is 0.500. The predicted octanol–water partition coefficient (Wildman–Crippen LogP) is -1.39. The van der Waals surface area contributed by atoms with Crippen LogP contribution in [0, 0.1) is 5.92 Å². The molecule has 0 aliphatic carbocycles. The third-order valence-corrected chi connectivity index (χ3v) is 4.97. The van der Waals surface area contributed by atoms with Crippen LogP contribution in [0.2, 0.25) is 0 Å². The lowest BCUT2D eigenvalue weighted by atomic mass is 10.0. The minimum absolute atomic E-state index is 0.00703. The van der Waals surface area contributed by atoms with Crippen LogP contribution in [-0.4, -0.2) is 75.8 Å². The molecule has 12 nitrogen and oxygen atoms in total. The number of nitrogens with two attached hydrogens (primary N) is 1. The summed E-state index contributed by atoms with van der Waals surface area (Å²) in [4.78, 5) is 59.8. The Kier molecular flexibility index (Phi) is 11.7. The zero-order chi connectivity index (χ0) is 25.8. The van der Waals surface area contributed by atoms with E-state index in [1.165, 1.54) is 0 Å². The summed E-state index contributed by atoms with van der Waals surface area (Å²) in [5, 5.41) is 34.8. The van der Waals surface area contributed by atoms with Crippen LogP contribution < -0.4 is 21.7 Å². The molecule has 0 saturated heterocycles. The standard InChI is InChI=1S/C22H32N4O8/c1-12(2)18(26-19(30)14(23)8-9-17(28)29)21(32)25-16(11-27)20(31)24-15(22(33)34)10-13-6-4-3-5-7-13/h3-7,12,14-16,18,27H,8-11,23H2,1-2H3,(H,24,31)(H,25,32)(H,26,30)(H,28,29)(H,33,34). The van der Waals surface area contributed by atoms with Crippen molar-refractivity contribution in [1.29, 1.82) is 0 Å². The van der Waals surface area contributed by atoms with E-state index in [2.05, 4.69) is 16.0 Å². The molecule has 0 aliphatic heterocycles. The lowest BCUT2D eigenvalue weighted by molar-refractivity contribution is -0.142. The van der Waals surface area contributed by atoms with Gasteiger partial charge in [-0.15, -0.1) is 0 Å². The Morgan fingerprint density at radius 1 is 0.882 bits per heavy atom. The molecule has 0 fully saturated rings. The number of rotatable bonds is 14. The summed E-state index contributed by atoms with van der Waals surface area (Å²) in [6.07, 6.45) is -0.464. The first-order chi connectivity index (χ1) is 16.0. The number of carbonyl (C=O) groups excluding carboxylic acids is 3. The van der Waals surface area contributed by atoms with E-state index < -0.39 is 66.4 Å². The number of carboxylic acid groups (broad SMARTS) is 2. The summed E-state index contributed by atoms with van der Waals surface area (Å²) in [6.45, 7) is 2.44. The van der Waals surface area contributed by atoms with Crippen LogP contribution in [0.4, 0.5) is 0 Å². The molecule has 0 spiro atoms. The van der Waals surface area contributed by atoms with Crippen LogP contribution in [0.25, 0.3) is 0 Å². The summed E-state index contributed by atoms with van der Waals surface area (Å²) in [6, 6.07) is 3.55. The fourth-order valence-corrected chi connectivity index (χ4v) is 2.98. The molecule has 0 bridgehead atoms. The van der Waals surface area contributed by atoms with Crippen LogP contribution >= 0.6 is 0 Å². The van der Waals surface area contributed by atoms with Crippen molar-refractivity contribution in [3.63, 3.8) is 0 Å². The molecule has 3 amide bonds. The lowest BCUT2D eigenvalue weighted by Crippen LogP contribution is -2.59. The minimum Gasteiger partial charge on any atom is -0.481 e. The number of amides is 3. The van der Waals surface area contributed by atoms with Gasteiger partial charge >= 0.3 is 11.9 Å². The van der Waals surface area contributed by atoms with Gasteiger partial charge in [0.05, 0.1) is 12.6 Å². The van der Waals surface area contributed by atoms with E-state index >= 15 is 0 Å². The Morgan fingerprint density at radius 3 is 1.97 bits per heavy atom. The molecule has 0 heterocycles. The second-order valence-electron chi connectivity index (χ2n) is 8.10. The molecule has 8 N–H and O–H groups in total. The lowest BCUT2D eigenvalue weighted by Gasteiger charge is -2.26. The fourth-order valence-electron chi connectivity index (χ4n) is 2.98. The van der Waals surface area contributed by atoms with Crippen molar-refractivity contribution in [3.05, 3.63) is 35.9 Å². The van der Waals surface area contributed by atoms with Crippen molar-refractivity contribution >= 4 is 29.7 Å². The van der Waals surface area contributed by atoms with Gasteiger partial charge in [-0.3, -0.25) is 19.2 Å². The van der Waals surface area contributed by atoms with Gasteiger partial charge in [0.15, 0.2) is 0 Å². The first kappa shape index (κ1) is 28.5. The maximum Gasteiger partial charge on any atom is 0.326 e. The van der Waals surface area contributed by atoms with Gasteiger partial charge in [-0.25, -0.2) is 4.79 Å². The van der Waals surface area contributed by atoms with E-state index in [1.54, 1.807) is 44.2 Å². The van der Waals surface area contributed by atoms with Crippen molar-refractivity contribution in [2.24, 2.45) is 11.7 Å². The number of aliphatic hydroxyl groups is 1. The van der Waals surface area contributed by atoms with Gasteiger partial charge in [0.25, 0.3) is 0 Å². The van der Waals surface area contributed by atoms with Crippen LogP contribution in [-0.2, 0) is 30.4 Å². The first-order valence-corrected chi connectivity index (χ1v) is 10.7. The molecule has 0 aliphatic rings. The van der Waals surface area contributed by atoms with E-state index in [4.69, 9.17) is 10.8 Å². The molecule has 0 aromatic heterocycles. The zero-order valence-electron chi connectivity index (χ0n) is 19.1. The van der Waals surface area contributed by atoms with Gasteiger partial charge in [-0.2, -0.15) is 0 Å². The third kappa shape index (κ3) is 9.55. The molecule has 4 atom stereocenters. The van der Waals surface area contributed by atoms with Gasteiger partial charge in [-0.1, -0.05) is 44.2 Å². The second-order valence-corrected chi connectivity index (χ2v) is 8.10. The molecule has 188 valence electrons. The maximum atomic E-state index is 12.7. The molecule has 0 radical (unpaired) electrons. The summed E-state index contributed by atoms with van der Waals surface area (Å²) in [5.74, 6) is -5.30. The van der Waals surface area contributed by atoms with Crippen LogP contribution in [0.1, 0.15) is 32.3 Å². The highest BCUT2D eigenvalue weighted by molar-refractivity contribution is 5.94. The first-order valence-electron chi connectivity index (χ1n) is 10.7. The number of aliphatic hydroxyl groups excluding tert-OH is 1. The molecule has 12 heteroatoms. The highest BCUT2D eigenvalue weighted by Gasteiger charge is 2.31. The van der Waals surface area contributed by atoms with Crippen molar-refractivity contribution < 1.29 is 39.3 Å². The predicted molar refractivity (Wildman–Crippen MR) is 120 cm³/mol. The van der Waals surface area contributed by atoms with Crippen LogP contribution in [0.15, 0.2) is 30.3 Å². The summed E-state index contributed by atoms with van der Waals surface area (Å²) in [7, 11) is 0. The average molecular weight is 481 g/mol. The Bertz CT molecular complexity index is 862. The number of hydrogen-bond acceptors (Lipinski definition) is 7. The van der Waals surface area contributed by atoms with E-state index in [0.717, 1.165) is 0 Å². The Hall–Kier alpha value is -3.51. The number of nitrogens with one attached hydrogen (secondary N) is 3. The quantitative estimate of drug-likeness (QED) is 0.167. The average Bonchev–Trinajstić information content (AvgIpc) is 2.78. The van der Waals surface area contributed by atoms with Crippen LogP contribution in [0.3, 0.4) is 0 Å². The number of aliphatic carboxylic acids is 2. The summed E-state index contributed by atoms with van der Waals surface area (Å²) >= 11 is 0. The monoisotopic (exact) mass is 480 g/mol. The van der Waals surface area contributed by atoms with Gasteiger partial charge in [0.2, 0.25) is 17.7 Å². The molecule has 1 rings (SSSR count). The van der Waals surface area contributed by atoms with Gasteiger partial charge in [-0.05, 0) is 17.9 Å². The molecule has 34 heavy (non-hydrogen) atoms. The number of carboxylic acids is 2. The number of hydrogen-bond donors (Lipinski definition) is 7. The topological polar surface area (TPSA) is 208 Å². The van der Waals surface area contributed by atoms with Crippen molar-refractivity contribution in [1.82, 2.24) is 16.0 Å².